The van der Waals surface area contributed by atoms with Gasteiger partial charge in [0, 0.05) is 41.7 Å². The van der Waals surface area contributed by atoms with E-state index in [4.69, 9.17) is 4.74 Å². The summed E-state index contributed by atoms with van der Waals surface area (Å²) in [5.41, 5.74) is 2.57. The van der Waals surface area contributed by atoms with Gasteiger partial charge in [-0.1, -0.05) is 20.3 Å². The number of hydrogen-bond donors (Lipinski definition) is 2. The van der Waals surface area contributed by atoms with E-state index in [2.05, 4.69) is 22.5 Å². The number of nitrogens with one attached hydrogen (secondary N) is 2. The molecule has 0 saturated carbocycles. The van der Waals surface area contributed by atoms with Crippen molar-refractivity contribution in [3.63, 3.8) is 0 Å². The first-order chi connectivity index (χ1) is 17.4. The van der Waals surface area contributed by atoms with Gasteiger partial charge in [0.2, 0.25) is 5.91 Å². The highest BCUT2D eigenvalue weighted by Crippen LogP contribution is 2.32. The topological polar surface area (TPSA) is 102 Å². The van der Waals surface area contributed by atoms with E-state index in [9.17, 15) is 14.4 Å². The van der Waals surface area contributed by atoms with Crippen molar-refractivity contribution in [2.45, 2.75) is 46.5 Å². The van der Waals surface area contributed by atoms with Crippen LogP contribution in [-0.2, 0) is 0 Å². The van der Waals surface area contributed by atoms with Crippen LogP contribution in [0.5, 0.6) is 11.5 Å². The Bertz CT molecular complexity index is 1440. The number of benzene rings is 2. The van der Waals surface area contributed by atoms with Gasteiger partial charge >= 0.3 is 6.03 Å². The quantitative estimate of drug-likeness (QED) is 0.319. The van der Waals surface area contributed by atoms with Crippen LogP contribution in [0.2, 0.25) is 0 Å². The van der Waals surface area contributed by atoms with Crippen LogP contribution in [0, 0.1) is 6.92 Å². The SMILES string of the molecule is CCCCC(=O)n1ccc2cc(Oc3ccnc4cc(C)c(C(=O)NC(=O)NCCC)cc34)ccc21. The lowest BCUT2D eigenvalue weighted by atomic mass is 10.0. The van der Waals surface area contributed by atoms with Crippen molar-refractivity contribution in [3.8, 4) is 11.5 Å². The number of urea groups is 1. The zero-order valence-corrected chi connectivity index (χ0v) is 20.8. The summed E-state index contributed by atoms with van der Waals surface area (Å²) in [5, 5.41) is 6.55. The molecule has 2 aromatic carbocycles. The number of carbonyl (C=O) groups excluding carboxylic acids is 3. The van der Waals surface area contributed by atoms with Gasteiger partial charge in [-0.3, -0.25) is 24.5 Å². The number of carbonyl (C=O) groups is 3. The Kier molecular flexibility index (Phi) is 7.63. The van der Waals surface area contributed by atoms with Gasteiger partial charge in [0.25, 0.3) is 5.91 Å². The summed E-state index contributed by atoms with van der Waals surface area (Å²) in [4.78, 5) is 41.6. The van der Waals surface area contributed by atoms with E-state index >= 15 is 0 Å². The van der Waals surface area contributed by atoms with E-state index in [1.807, 2.05) is 31.2 Å². The molecular formula is C28H30N4O4. The van der Waals surface area contributed by atoms with Crippen LogP contribution in [0.3, 0.4) is 0 Å². The molecule has 2 N–H and O–H groups in total. The minimum atomic E-state index is -0.530. The highest BCUT2D eigenvalue weighted by Gasteiger charge is 2.16. The second kappa shape index (κ2) is 11.0. The lowest BCUT2D eigenvalue weighted by Crippen LogP contribution is -2.39. The predicted octanol–water partition coefficient (Wildman–Crippen LogP) is 5.97. The van der Waals surface area contributed by atoms with Crippen molar-refractivity contribution < 1.29 is 19.1 Å². The Hall–Kier alpha value is -4.20. The molecule has 0 aliphatic carbocycles. The molecule has 3 amide bonds. The molecule has 4 aromatic rings. The highest BCUT2D eigenvalue weighted by molar-refractivity contribution is 6.07. The Morgan fingerprint density at radius 1 is 1.03 bits per heavy atom. The molecule has 2 aromatic heterocycles. The lowest BCUT2D eigenvalue weighted by molar-refractivity contribution is 0.0903. The number of unbranched alkanes of at least 4 members (excludes halogenated alkanes) is 1. The van der Waals surface area contributed by atoms with E-state index in [1.165, 1.54) is 0 Å². The first-order valence-electron chi connectivity index (χ1n) is 12.2. The molecule has 0 unspecified atom stereocenters. The average molecular weight is 487 g/mol. The second-order valence-corrected chi connectivity index (χ2v) is 8.71. The number of imide groups is 1. The second-order valence-electron chi connectivity index (χ2n) is 8.71. The summed E-state index contributed by atoms with van der Waals surface area (Å²) in [7, 11) is 0. The molecule has 36 heavy (non-hydrogen) atoms. The summed E-state index contributed by atoms with van der Waals surface area (Å²) in [6, 6.07) is 12.2. The van der Waals surface area contributed by atoms with Crippen LogP contribution in [0.1, 0.15) is 60.2 Å². The first kappa shape index (κ1) is 24.9. The van der Waals surface area contributed by atoms with Gasteiger partial charge < -0.3 is 10.1 Å². The third-order valence-electron chi connectivity index (χ3n) is 5.96. The molecule has 4 rings (SSSR count). The molecular weight excluding hydrogens is 456 g/mol. The molecule has 0 bridgehead atoms. The summed E-state index contributed by atoms with van der Waals surface area (Å²) in [6.45, 7) is 6.28. The molecule has 8 nitrogen and oxygen atoms in total. The standard InChI is InChI=1S/C28H30N4O4/c1-4-6-7-26(33)32-14-11-19-16-20(8-9-24(19)32)36-25-10-13-29-23-15-18(3)21(17-22(23)25)27(34)31-28(35)30-12-5-2/h8-11,13-17H,4-7,12H2,1-3H3,(H2,30,31,34,35). The fourth-order valence-corrected chi connectivity index (χ4v) is 4.04. The van der Waals surface area contributed by atoms with Crippen LogP contribution >= 0.6 is 0 Å². The largest absolute Gasteiger partial charge is 0.457 e. The molecule has 0 spiro atoms. The fourth-order valence-electron chi connectivity index (χ4n) is 4.04. The van der Waals surface area contributed by atoms with Crippen LogP contribution in [0.15, 0.2) is 54.9 Å². The van der Waals surface area contributed by atoms with Gasteiger partial charge in [-0.2, -0.15) is 0 Å². The van der Waals surface area contributed by atoms with E-state index in [0.29, 0.717) is 46.5 Å². The van der Waals surface area contributed by atoms with Crippen molar-refractivity contribution in [1.82, 2.24) is 20.2 Å². The van der Waals surface area contributed by atoms with E-state index in [1.54, 1.807) is 42.1 Å². The van der Waals surface area contributed by atoms with Crippen molar-refractivity contribution >= 4 is 39.7 Å². The maximum atomic E-state index is 12.8. The zero-order chi connectivity index (χ0) is 25.7. The fraction of sp³-hybridized carbons (Fsp3) is 0.286. The molecule has 0 saturated heterocycles. The molecule has 8 heteroatoms. The van der Waals surface area contributed by atoms with Gasteiger partial charge in [0.05, 0.1) is 11.0 Å². The van der Waals surface area contributed by atoms with Gasteiger partial charge in [0.15, 0.2) is 0 Å². The van der Waals surface area contributed by atoms with E-state index in [0.717, 1.165) is 30.2 Å². The van der Waals surface area contributed by atoms with Gasteiger partial charge in [-0.05, 0) is 67.8 Å². The maximum absolute atomic E-state index is 12.8. The number of pyridine rings is 1. The molecule has 0 fully saturated rings. The predicted molar refractivity (Wildman–Crippen MR) is 140 cm³/mol. The normalized spacial score (nSPS) is 11.0. The van der Waals surface area contributed by atoms with Crippen molar-refractivity contribution in [1.29, 1.82) is 0 Å². The van der Waals surface area contributed by atoms with Crippen LogP contribution in [0.25, 0.3) is 21.8 Å². The number of aryl methyl sites for hydroxylation is 1. The number of rotatable bonds is 8. The molecule has 0 aliphatic rings. The summed E-state index contributed by atoms with van der Waals surface area (Å²) in [5.74, 6) is 0.708. The number of aromatic nitrogens is 2. The van der Waals surface area contributed by atoms with Crippen LogP contribution in [0.4, 0.5) is 4.79 Å². The van der Waals surface area contributed by atoms with E-state index in [-0.39, 0.29) is 5.91 Å². The molecule has 0 radical (unpaired) electrons. The smallest absolute Gasteiger partial charge is 0.321 e. The van der Waals surface area contributed by atoms with Gasteiger partial charge in [-0.15, -0.1) is 0 Å². The number of ether oxygens (including phenoxy) is 1. The van der Waals surface area contributed by atoms with E-state index < -0.39 is 11.9 Å². The first-order valence-corrected chi connectivity index (χ1v) is 12.2. The Morgan fingerprint density at radius 2 is 1.86 bits per heavy atom. The van der Waals surface area contributed by atoms with Crippen molar-refractivity contribution in [2.24, 2.45) is 0 Å². The lowest BCUT2D eigenvalue weighted by Gasteiger charge is -2.12. The Balaban J connectivity index is 1.61. The average Bonchev–Trinajstić information content (AvgIpc) is 3.29. The summed E-state index contributed by atoms with van der Waals surface area (Å²) < 4.78 is 7.88. The monoisotopic (exact) mass is 486 g/mol. The third kappa shape index (κ3) is 5.38. The van der Waals surface area contributed by atoms with Gasteiger partial charge in [-0.25, -0.2) is 4.79 Å². The molecule has 0 aliphatic heterocycles. The molecule has 0 atom stereocenters. The maximum Gasteiger partial charge on any atom is 0.321 e. The number of nitrogens with zero attached hydrogens (tertiary/aromatic N) is 2. The Labute approximate surface area is 209 Å². The molecule has 2 heterocycles. The number of fused-ring (bicyclic) bond motifs is 2. The minimum absolute atomic E-state index is 0.0743. The van der Waals surface area contributed by atoms with Crippen LogP contribution in [-0.4, -0.2) is 33.9 Å². The summed E-state index contributed by atoms with van der Waals surface area (Å²) in [6.07, 6.45) is 6.55. The highest BCUT2D eigenvalue weighted by atomic mass is 16.5. The molecule has 186 valence electrons. The number of amides is 3. The number of hydrogen-bond acceptors (Lipinski definition) is 5. The zero-order valence-electron chi connectivity index (χ0n) is 20.8. The Morgan fingerprint density at radius 3 is 2.64 bits per heavy atom. The minimum Gasteiger partial charge on any atom is -0.457 e. The summed E-state index contributed by atoms with van der Waals surface area (Å²) >= 11 is 0. The van der Waals surface area contributed by atoms with Crippen molar-refractivity contribution in [3.05, 3.63) is 66.0 Å². The van der Waals surface area contributed by atoms with Crippen LogP contribution < -0.4 is 15.4 Å². The third-order valence-corrected chi connectivity index (χ3v) is 5.96. The van der Waals surface area contributed by atoms with Gasteiger partial charge in [0.1, 0.15) is 11.5 Å². The van der Waals surface area contributed by atoms with Crippen molar-refractivity contribution in [2.75, 3.05) is 6.54 Å².